The van der Waals surface area contributed by atoms with Crippen LogP contribution in [0.5, 0.6) is 0 Å². The molecular weight excluding hydrogens is 208 g/mol. The van der Waals surface area contributed by atoms with E-state index in [1.54, 1.807) is 23.0 Å². The Hall–Kier alpha value is -1.16. The highest BCUT2D eigenvalue weighted by atomic mass is 32.1. The largest absolute Gasteiger partial charge is 0.348 e. The van der Waals surface area contributed by atoms with Crippen LogP contribution in [0.4, 0.5) is 0 Å². The van der Waals surface area contributed by atoms with Crippen LogP contribution in [0.3, 0.4) is 0 Å². The van der Waals surface area contributed by atoms with Gasteiger partial charge in [0, 0.05) is 17.3 Å². The summed E-state index contributed by atoms with van der Waals surface area (Å²) in [6, 6.07) is 2.16. The molecule has 0 fully saturated rings. The Morgan fingerprint density at radius 1 is 1.40 bits per heavy atom. The lowest BCUT2D eigenvalue weighted by Gasteiger charge is -2.01. The Morgan fingerprint density at radius 2 is 2.13 bits per heavy atom. The molecule has 0 amide bonds. The standard InChI is InChI=1S/C11H14N2OS/c1-4-7-6-8-9(5-2)12-11(14)13(3)10(8)15-7/h6H,4-5H2,1-3H3. The van der Waals surface area contributed by atoms with Gasteiger partial charge in [-0.15, -0.1) is 11.3 Å². The molecule has 15 heavy (non-hydrogen) atoms. The van der Waals surface area contributed by atoms with Gasteiger partial charge in [0.1, 0.15) is 4.83 Å². The topological polar surface area (TPSA) is 34.9 Å². The fourth-order valence-electron chi connectivity index (χ4n) is 1.67. The lowest BCUT2D eigenvalue weighted by atomic mass is 10.2. The van der Waals surface area contributed by atoms with Gasteiger partial charge >= 0.3 is 5.69 Å². The molecule has 0 aliphatic rings. The number of hydrogen-bond acceptors (Lipinski definition) is 3. The molecule has 80 valence electrons. The van der Waals surface area contributed by atoms with Crippen molar-refractivity contribution >= 4 is 21.6 Å². The molecule has 0 N–H and O–H groups in total. The summed E-state index contributed by atoms with van der Waals surface area (Å²) < 4.78 is 1.64. The zero-order valence-corrected chi connectivity index (χ0v) is 10.0. The number of aryl methyl sites for hydroxylation is 3. The second-order valence-corrected chi connectivity index (χ2v) is 4.65. The minimum atomic E-state index is -0.149. The van der Waals surface area contributed by atoms with E-state index in [4.69, 9.17) is 0 Å². The van der Waals surface area contributed by atoms with Gasteiger partial charge in [-0.05, 0) is 18.9 Å². The van der Waals surface area contributed by atoms with Crippen LogP contribution in [0.1, 0.15) is 24.4 Å². The molecule has 2 rings (SSSR count). The summed E-state index contributed by atoms with van der Waals surface area (Å²) in [6.07, 6.45) is 1.82. The molecule has 0 spiro atoms. The second-order valence-electron chi connectivity index (χ2n) is 3.54. The third kappa shape index (κ3) is 1.59. The molecular formula is C11H14N2OS. The van der Waals surface area contributed by atoms with Crippen LogP contribution in [0.2, 0.25) is 0 Å². The molecule has 0 saturated heterocycles. The van der Waals surface area contributed by atoms with E-state index in [0.29, 0.717) is 0 Å². The lowest BCUT2D eigenvalue weighted by Crippen LogP contribution is -2.20. The van der Waals surface area contributed by atoms with Crippen LogP contribution in [0.25, 0.3) is 10.2 Å². The summed E-state index contributed by atoms with van der Waals surface area (Å²) in [4.78, 5) is 18.0. The van der Waals surface area contributed by atoms with Gasteiger partial charge in [-0.25, -0.2) is 4.79 Å². The first-order valence-corrected chi connectivity index (χ1v) is 5.97. The van der Waals surface area contributed by atoms with Gasteiger partial charge in [-0.3, -0.25) is 4.57 Å². The molecule has 0 radical (unpaired) electrons. The van der Waals surface area contributed by atoms with Gasteiger partial charge in [0.2, 0.25) is 0 Å². The van der Waals surface area contributed by atoms with Crippen molar-refractivity contribution in [2.45, 2.75) is 26.7 Å². The lowest BCUT2D eigenvalue weighted by molar-refractivity contribution is 0.836. The Morgan fingerprint density at radius 3 is 2.73 bits per heavy atom. The van der Waals surface area contributed by atoms with Crippen molar-refractivity contribution in [1.82, 2.24) is 9.55 Å². The van der Waals surface area contributed by atoms with Gasteiger partial charge in [0.05, 0.1) is 5.69 Å². The Bertz CT molecular complexity index is 553. The molecule has 2 aromatic rings. The van der Waals surface area contributed by atoms with Crippen LogP contribution >= 0.6 is 11.3 Å². The zero-order chi connectivity index (χ0) is 11.0. The minimum Gasteiger partial charge on any atom is -0.286 e. The van der Waals surface area contributed by atoms with Crippen molar-refractivity contribution in [3.8, 4) is 0 Å². The first-order valence-electron chi connectivity index (χ1n) is 5.15. The summed E-state index contributed by atoms with van der Waals surface area (Å²) >= 11 is 1.69. The number of rotatable bonds is 2. The van der Waals surface area contributed by atoms with Crippen LogP contribution < -0.4 is 5.69 Å². The van der Waals surface area contributed by atoms with E-state index in [1.807, 2.05) is 6.92 Å². The maximum Gasteiger partial charge on any atom is 0.348 e. The van der Waals surface area contributed by atoms with Crippen LogP contribution in [-0.4, -0.2) is 9.55 Å². The van der Waals surface area contributed by atoms with Gasteiger partial charge in [0.25, 0.3) is 0 Å². The molecule has 2 heterocycles. The Kier molecular flexibility index (Phi) is 2.61. The van der Waals surface area contributed by atoms with E-state index in [1.165, 1.54) is 4.88 Å². The molecule has 0 saturated carbocycles. The van der Waals surface area contributed by atoms with Crippen LogP contribution in [0.15, 0.2) is 10.9 Å². The second kappa shape index (κ2) is 3.77. The number of hydrogen-bond donors (Lipinski definition) is 0. The summed E-state index contributed by atoms with van der Waals surface area (Å²) in [7, 11) is 1.78. The molecule has 0 unspecified atom stereocenters. The van der Waals surface area contributed by atoms with E-state index in [2.05, 4.69) is 18.0 Å². The van der Waals surface area contributed by atoms with Crippen LogP contribution in [-0.2, 0) is 19.9 Å². The highest BCUT2D eigenvalue weighted by Crippen LogP contribution is 2.26. The number of fused-ring (bicyclic) bond motifs is 1. The molecule has 0 aliphatic carbocycles. The molecule has 0 bridgehead atoms. The summed E-state index contributed by atoms with van der Waals surface area (Å²) in [6.45, 7) is 4.16. The van der Waals surface area contributed by atoms with Crippen molar-refractivity contribution in [2.24, 2.45) is 7.05 Å². The molecule has 4 heteroatoms. The van der Waals surface area contributed by atoms with Crippen molar-refractivity contribution in [3.05, 3.63) is 27.1 Å². The van der Waals surface area contributed by atoms with E-state index in [9.17, 15) is 4.79 Å². The van der Waals surface area contributed by atoms with Crippen molar-refractivity contribution < 1.29 is 0 Å². The quantitative estimate of drug-likeness (QED) is 0.780. The summed E-state index contributed by atoms with van der Waals surface area (Å²) in [5.74, 6) is 0. The maximum atomic E-state index is 11.6. The van der Waals surface area contributed by atoms with Gasteiger partial charge in [0.15, 0.2) is 0 Å². The average Bonchev–Trinajstić information content (AvgIpc) is 2.67. The SMILES string of the molecule is CCc1cc2c(CC)nc(=O)n(C)c2s1. The smallest absolute Gasteiger partial charge is 0.286 e. The fourth-order valence-corrected chi connectivity index (χ4v) is 2.74. The highest BCUT2D eigenvalue weighted by Gasteiger charge is 2.10. The van der Waals surface area contributed by atoms with Gasteiger partial charge in [-0.1, -0.05) is 13.8 Å². The van der Waals surface area contributed by atoms with Crippen molar-refractivity contribution in [2.75, 3.05) is 0 Å². The van der Waals surface area contributed by atoms with E-state index in [0.717, 1.165) is 28.8 Å². The predicted molar refractivity (Wildman–Crippen MR) is 63.6 cm³/mol. The summed E-state index contributed by atoms with van der Waals surface area (Å²) in [5.41, 5.74) is 0.771. The third-order valence-corrected chi connectivity index (χ3v) is 3.94. The molecule has 0 aliphatic heterocycles. The molecule has 0 aromatic carbocycles. The number of aromatic nitrogens is 2. The van der Waals surface area contributed by atoms with Crippen molar-refractivity contribution in [1.29, 1.82) is 0 Å². The minimum absolute atomic E-state index is 0.149. The predicted octanol–water partition coefficient (Wildman–Crippen LogP) is 2.12. The monoisotopic (exact) mass is 222 g/mol. The first kappa shape index (κ1) is 10.4. The van der Waals surface area contributed by atoms with E-state index in [-0.39, 0.29) is 5.69 Å². The van der Waals surface area contributed by atoms with Gasteiger partial charge < -0.3 is 0 Å². The number of nitrogens with zero attached hydrogens (tertiary/aromatic N) is 2. The zero-order valence-electron chi connectivity index (χ0n) is 9.20. The fraction of sp³-hybridized carbons (Fsp3) is 0.455. The normalized spacial score (nSPS) is 11.1. The third-order valence-electron chi connectivity index (χ3n) is 2.58. The number of thiophene rings is 1. The van der Waals surface area contributed by atoms with E-state index < -0.39 is 0 Å². The first-order chi connectivity index (χ1) is 7.17. The van der Waals surface area contributed by atoms with Crippen molar-refractivity contribution in [3.63, 3.8) is 0 Å². The summed E-state index contributed by atoms with van der Waals surface area (Å²) in [5, 5.41) is 1.14. The Balaban J connectivity index is 2.87. The molecule has 0 atom stereocenters. The average molecular weight is 222 g/mol. The van der Waals surface area contributed by atoms with Gasteiger partial charge in [-0.2, -0.15) is 4.98 Å². The van der Waals surface area contributed by atoms with Crippen LogP contribution in [0, 0.1) is 0 Å². The Labute approximate surface area is 92.4 Å². The maximum absolute atomic E-state index is 11.6. The molecule has 3 nitrogen and oxygen atoms in total. The highest BCUT2D eigenvalue weighted by molar-refractivity contribution is 7.18. The molecule has 2 aromatic heterocycles. The van der Waals surface area contributed by atoms with E-state index >= 15 is 0 Å².